The largest absolute Gasteiger partial charge is 0.296 e. The topological polar surface area (TPSA) is 62.2 Å². The number of likely N-dealkylation sites (tertiary alicyclic amines) is 1. The second-order valence-electron chi connectivity index (χ2n) is 9.09. The Labute approximate surface area is 195 Å². The third-order valence-corrected chi connectivity index (χ3v) is 6.87. The number of piperidine rings is 1. The molecule has 2 aliphatic rings. The fourth-order valence-corrected chi connectivity index (χ4v) is 5.06. The molecule has 5 rings (SSSR count). The highest BCUT2D eigenvalue weighted by Gasteiger charge is 2.32. The molecule has 1 unspecified atom stereocenters. The molecular weight excluding hydrogens is 410 g/mol. The normalized spacial score (nSPS) is 18.9. The van der Waals surface area contributed by atoms with Crippen LogP contribution in [0.15, 0.2) is 54.9 Å². The van der Waals surface area contributed by atoms with Gasteiger partial charge in [-0.3, -0.25) is 19.6 Å². The highest BCUT2D eigenvalue weighted by atomic mass is 16.2. The average Bonchev–Trinajstić information content (AvgIpc) is 2.85. The third kappa shape index (κ3) is 4.81. The van der Waals surface area contributed by atoms with Crippen molar-refractivity contribution in [2.45, 2.75) is 58.0 Å². The van der Waals surface area contributed by atoms with Crippen LogP contribution >= 0.6 is 0 Å². The average molecular weight is 442 g/mol. The standard InChI is InChI=1S/C27H31N5O/c1-20-23-10-11-25(33)32(18-14-21-7-3-2-4-8-21)27(23)30-26(29-20)24-9-5-6-17-31(24)19-22-12-15-28-16-13-22/h2-4,7-8,12-13,15-16,24H,5-6,9-11,14,17-19H2,1H3. The van der Waals surface area contributed by atoms with Crippen LogP contribution in [0.2, 0.25) is 0 Å². The lowest BCUT2D eigenvalue weighted by Crippen LogP contribution is -2.39. The molecule has 3 aromatic rings. The van der Waals surface area contributed by atoms with Crippen LogP contribution in [0.25, 0.3) is 0 Å². The Morgan fingerprint density at radius 3 is 2.61 bits per heavy atom. The number of rotatable bonds is 6. The molecule has 1 aromatic carbocycles. The number of fused-ring (bicyclic) bond motifs is 1. The van der Waals surface area contributed by atoms with Crippen LogP contribution in [0, 0.1) is 6.92 Å². The second-order valence-corrected chi connectivity index (χ2v) is 9.09. The first-order valence-corrected chi connectivity index (χ1v) is 12.0. The quantitative estimate of drug-likeness (QED) is 0.566. The minimum atomic E-state index is 0.166. The maximum absolute atomic E-state index is 12.9. The highest BCUT2D eigenvalue weighted by molar-refractivity contribution is 5.95. The maximum Gasteiger partial charge on any atom is 0.228 e. The van der Waals surface area contributed by atoms with Gasteiger partial charge in [-0.1, -0.05) is 36.8 Å². The van der Waals surface area contributed by atoms with Gasteiger partial charge in [-0.2, -0.15) is 0 Å². The van der Waals surface area contributed by atoms with Gasteiger partial charge in [0.15, 0.2) is 0 Å². The van der Waals surface area contributed by atoms with Gasteiger partial charge >= 0.3 is 0 Å². The van der Waals surface area contributed by atoms with Crippen LogP contribution in [-0.2, 0) is 24.2 Å². The minimum Gasteiger partial charge on any atom is -0.296 e. The van der Waals surface area contributed by atoms with Gasteiger partial charge in [-0.25, -0.2) is 9.97 Å². The lowest BCUT2D eigenvalue weighted by atomic mass is 9.98. The van der Waals surface area contributed by atoms with Gasteiger partial charge in [-0.05, 0) is 62.4 Å². The van der Waals surface area contributed by atoms with Gasteiger partial charge in [0.2, 0.25) is 5.91 Å². The van der Waals surface area contributed by atoms with Crippen LogP contribution in [0.5, 0.6) is 0 Å². The number of carbonyl (C=O) groups excluding carboxylic acids is 1. The summed E-state index contributed by atoms with van der Waals surface area (Å²) in [4.78, 5) is 31.5. The summed E-state index contributed by atoms with van der Waals surface area (Å²) in [7, 11) is 0. The molecule has 2 aliphatic heterocycles. The lowest BCUT2D eigenvalue weighted by molar-refractivity contribution is -0.118. The molecule has 2 aromatic heterocycles. The van der Waals surface area contributed by atoms with E-state index in [1.165, 1.54) is 24.0 Å². The number of hydrogen-bond acceptors (Lipinski definition) is 5. The number of hydrogen-bond donors (Lipinski definition) is 0. The number of amides is 1. The molecule has 0 spiro atoms. The van der Waals surface area contributed by atoms with E-state index < -0.39 is 0 Å². The van der Waals surface area contributed by atoms with Gasteiger partial charge in [0.1, 0.15) is 11.6 Å². The van der Waals surface area contributed by atoms with Gasteiger partial charge in [0.05, 0.1) is 6.04 Å². The van der Waals surface area contributed by atoms with E-state index in [4.69, 9.17) is 9.97 Å². The fraction of sp³-hybridized carbons (Fsp3) is 0.407. The number of anilines is 1. The Morgan fingerprint density at radius 1 is 0.970 bits per heavy atom. The van der Waals surface area contributed by atoms with Crippen LogP contribution in [0.4, 0.5) is 5.82 Å². The van der Waals surface area contributed by atoms with Crippen molar-refractivity contribution in [1.29, 1.82) is 0 Å². The predicted molar refractivity (Wildman–Crippen MR) is 129 cm³/mol. The van der Waals surface area contributed by atoms with E-state index in [2.05, 4.69) is 41.1 Å². The number of pyridine rings is 1. The summed E-state index contributed by atoms with van der Waals surface area (Å²) in [6.07, 6.45) is 9.19. The van der Waals surface area contributed by atoms with Crippen molar-refractivity contribution in [2.75, 3.05) is 18.0 Å². The number of carbonyl (C=O) groups is 1. The monoisotopic (exact) mass is 441 g/mol. The van der Waals surface area contributed by atoms with Crippen LogP contribution in [0.1, 0.15) is 59.9 Å². The van der Waals surface area contributed by atoms with E-state index in [1.807, 2.05) is 35.5 Å². The van der Waals surface area contributed by atoms with E-state index in [1.54, 1.807) is 0 Å². The van der Waals surface area contributed by atoms with Crippen LogP contribution < -0.4 is 4.90 Å². The van der Waals surface area contributed by atoms with Gasteiger partial charge in [0, 0.05) is 43.2 Å². The summed E-state index contributed by atoms with van der Waals surface area (Å²) < 4.78 is 0. The van der Waals surface area contributed by atoms with E-state index in [0.29, 0.717) is 13.0 Å². The first kappa shape index (κ1) is 21.7. The minimum absolute atomic E-state index is 0.166. The summed E-state index contributed by atoms with van der Waals surface area (Å²) in [5.41, 5.74) is 4.63. The van der Waals surface area contributed by atoms with Crippen molar-refractivity contribution in [2.24, 2.45) is 0 Å². The summed E-state index contributed by atoms with van der Waals surface area (Å²) in [5.74, 6) is 1.86. The third-order valence-electron chi connectivity index (χ3n) is 6.87. The van der Waals surface area contributed by atoms with E-state index in [9.17, 15) is 4.79 Å². The zero-order valence-corrected chi connectivity index (χ0v) is 19.3. The molecule has 6 nitrogen and oxygen atoms in total. The molecule has 0 aliphatic carbocycles. The summed E-state index contributed by atoms with van der Waals surface area (Å²) in [6, 6.07) is 14.7. The lowest BCUT2D eigenvalue weighted by Gasteiger charge is -2.36. The van der Waals surface area contributed by atoms with Crippen molar-refractivity contribution < 1.29 is 4.79 Å². The first-order chi connectivity index (χ1) is 16.2. The smallest absolute Gasteiger partial charge is 0.228 e. The van der Waals surface area contributed by atoms with Gasteiger partial charge in [0.25, 0.3) is 0 Å². The Morgan fingerprint density at radius 2 is 1.79 bits per heavy atom. The van der Waals surface area contributed by atoms with Crippen LogP contribution in [-0.4, -0.2) is 38.8 Å². The second kappa shape index (κ2) is 9.79. The molecule has 1 saturated heterocycles. The Balaban J connectivity index is 1.43. The van der Waals surface area contributed by atoms with Crippen molar-refractivity contribution >= 4 is 11.7 Å². The fourth-order valence-electron chi connectivity index (χ4n) is 5.06. The molecular formula is C27H31N5O. The molecule has 1 amide bonds. The molecule has 0 saturated carbocycles. The number of nitrogens with zero attached hydrogens (tertiary/aromatic N) is 5. The maximum atomic E-state index is 12.9. The van der Waals surface area contributed by atoms with Gasteiger partial charge < -0.3 is 0 Å². The van der Waals surface area contributed by atoms with Crippen molar-refractivity contribution in [3.05, 3.63) is 83.1 Å². The molecule has 6 heteroatoms. The van der Waals surface area contributed by atoms with E-state index >= 15 is 0 Å². The zero-order valence-electron chi connectivity index (χ0n) is 19.3. The first-order valence-electron chi connectivity index (χ1n) is 12.0. The molecule has 33 heavy (non-hydrogen) atoms. The number of benzene rings is 1. The van der Waals surface area contributed by atoms with E-state index in [-0.39, 0.29) is 11.9 Å². The summed E-state index contributed by atoms with van der Waals surface area (Å²) in [5, 5.41) is 0. The molecule has 4 heterocycles. The van der Waals surface area contributed by atoms with Crippen molar-refractivity contribution in [3.63, 3.8) is 0 Å². The zero-order chi connectivity index (χ0) is 22.6. The van der Waals surface area contributed by atoms with Gasteiger partial charge in [-0.15, -0.1) is 0 Å². The van der Waals surface area contributed by atoms with Crippen molar-refractivity contribution in [3.8, 4) is 0 Å². The summed E-state index contributed by atoms with van der Waals surface area (Å²) >= 11 is 0. The molecule has 0 N–H and O–H groups in total. The molecule has 170 valence electrons. The number of aromatic nitrogens is 3. The molecule has 1 atom stereocenters. The van der Waals surface area contributed by atoms with Crippen LogP contribution in [0.3, 0.4) is 0 Å². The Hall–Kier alpha value is -3.12. The highest BCUT2D eigenvalue weighted by Crippen LogP contribution is 2.34. The predicted octanol–water partition coefficient (Wildman–Crippen LogP) is 4.43. The number of aryl methyl sites for hydroxylation is 1. The molecule has 1 fully saturated rings. The summed E-state index contributed by atoms with van der Waals surface area (Å²) in [6.45, 7) is 4.62. The Kier molecular flexibility index (Phi) is 6.44. The SMILES string of the molecule is Cc1nc(C2CCCCN2Cc2ccncc2)nc2c1CCC(=O)N2CCc1ccccc1. The van der Waals surface area contributed by atoms with Crippen molar-refractivity contribution in [1.82, 2.24) is 19.9 Å². The van der Waals surface area contributed by atoms with E-state index in [0.717, 1.165) is 55.3 Å². The molecule has 0 bridgehead atoms. The molecule has 0 radical (unpaired) electrons. The Bertz CT molecular complexity index is 1100.